The van der Waals surface area contributed by atoms with Crippen molar-refractivity contribution in [2.75, 3.05) is 11.9 Å². The van der Waals surface area contributed by atoms with Crippen LogP contribution in [0.15, 0.2) is 47.3 Å². The zero-order chi connectivity index (χ0) is 19.7. The average molecular weight is 383 g/mol. The predicted molar refractivity (Wildman–Crippen MR) is 99.5 cm³/mol. The molecule has 2 aromatic carbocycles. The fraction of sp³-hybridized carbons (Fsp3) is 0.211. The van der Waals surface area contributed by atoms with E-state index in [9.17, 15) is 14.4 Å². The molecule has 0 radical (unpaired) electrons. The second-order valence-corrected chi connectivity index (χ2v) is 6.27. The molecule has 0 bridgehead atoms. The van der Waals surface area contributed by atoms with Crippen molar-refractivity contribution in [3.05, 3.63) is 52.9 Å². The number of ether oxygens (including phenoxy) is 3. The summed E-state index contributed by atoms with van der Waals surface area (Å²) >= 11 is 0. The van der Waals surface area contributed by atoms with Gasteiger partial charge in [0.25, 0.3) is 5.91 Å². The van der Waals surface area contributed by atoms with Gasteiger partial charge < -0.3 is 29.5 Å². The summed E-state index contributed by atoms with van der Waals surface area (Å²) in [6.45, 7) is 1.46. The third kappa shape index (κ3) is 3.54. The molecule has 9 heteroatoms. The first-order chi connectivity index (χ1) is 13.5. The molecule has 0 saturated carbocycles. The first-order valence-electron chi connectivity index (χ1n) is 8.61. The predicted octanol–water partition coefficient (Wildman–Crippen LogP) is 1.57. The third-order valence-electron chi connectivity index (χ3n) is 4.22. The van der Waals surface area contributed by atoms with Crippen LogP contribution < -0.4 is 20.5 Å². The number of rotatable bonds is 4. The number of fused-ring (bicyclic) bond motifs is 2. The Hall–Kier alpha value is -3.75. The van der Waals surface area contributed by atoms with Gasteiger partial charge in [0, 0.05) is 5.69 Å². The molecule has 144 valence electrons. The molecule has 4 rings (SSSR count). The van der Waals surface area contributed by atoms with Gasteiger partial charge >= 0.3 is 11.7 Å². The number of aromatic nitrogens is 2. The molecular formula is C19H17N3O6. The topological polar surface area (TPSA) is 123 Å². The van der Waals surface area contributed by atoms with Crippen LogP contribution in [0.2, 0.25) is 0 Å². The van der Waals surface area contributed by atoms with Crippen molar-refractivity contribution in [3.63, 3.8) is 0 Å². The van der Waals surface area contributed by atoms with Gasteiger partial charge in [-0.05, 0) is 37.3 Å². The van der Waals surface area contributed by atoms with Crippen molar-refractivity contribution in [3.8, 4) is 11.5 Å². The Morgan fingerprint density at radius 2 is 1.89 bits per heavy atom. The van der Waals surface area contributed by atoms with E-state index >= 15 is 0 Å². The van der Waals surface area contributed by atoms with Gasteiger partial charge in [0.05, 0.1) is 11.0 Å². The molecular weight excluding hydrogens is 366 g/mol. The minimum Gasteiger partial charge on any atom is -0.485 e. The number of para-hydroxylation sites is 2. The lowest BCUT2D eigenvalue weighted by Crippen LogP contribution is -2.41. The third-order valence-corrected chi connectivity index (χ3v) is 4.22. The largest absolute Gasteiger partial charge is 0.485 e. The van der Waals surface area contributed by atoms with Gasteiger partial charge in [0.15, 0.2) is 17.6 Å². The fourth-order valence-electron chi connectivity index (χ4n) is 2.79. The highest BCUT2D eigenvalue weighted by molar-refractivity contribution is 5.96. The summed E-state index contributed by atoms with van der Waals surface area (Å²) < 4.78 is 16.3. The molecule has 1 aromatic heterocycles. The fourth-order valence-corrected chi connectivity index (χ4v) is 2.79. The van der Waals surface area contributed by atoms with Crippen LogP contribution in [0.25, 0.3) is 11.0 Å². The maximum atomic E-state index is 12.3. The number of amides is 1. The van der Waals surface area contributed by atoms with E-state index < -0.39 is 24.1 Å². The van der Waals surface area contributed by atoms with Gasteiger partial charge in [-0.1, -0.05) is 12.1 Å². The van der Waals surface area contributed by atoms with Crippen LogP contribution in [0.5, 0.6) is 11.5 Å². The summed E-state index contributed by atoms with van der Waals surface area (Å²) in [5.74, 6) is -0.206. The zero-order valence-electron chi connectivity index (χ0n) is 14.9. The Morgan fingerprint density at radius 3 is 2.71 bits per heavy atom. The lowest BCUT2D eigenvalue weighted by molar-refractivity contribution is -0.162. The number of benzene rings is 2. The van der Waals surface area contributed by atoms with Crippen LogP contribution in [-0.2, 0) is 14.3 Å². The van der Waals surface area contributed by atoms with Crippen molar-refractivity contribution >= 4 is 28.6 Å². The van der Waals surface area contributed by atoms with Crippen LogP contribution in [0.1, 0.15) is 6.92 Å². The lowest BCUT2D eigenvalue weighted by atomic mass is 10.2. The number of carbonyl (C=O) groups excluding carboxylic acids is 2. The molecule has 2 heterocycles. The summed E-state index contributed by atoms with van der Waals surface area (Å²) in [4.78, 5) is 41.2. The van der Waals surface area contributed by atoms with Crippen LogP contribution in [-0.4, -0.2) is 40.7 Å². The molecule has 28 heavy (non-hydrogen) atoms. The standard InChI is InChI=1S/C19H17N3O6/c1-10(17(23)20-11-6-7-12-13(8-11)22-19(25)21-12)27-18(24)16-9-26-14-4-2-3-5-15(14)28-16/h2-8,10,16H,9H2,1H3,(H,20,23)(H2,21,22,25)/t10-,16+/m1/s1. The van der Waals surface area contributed by atoms with Crippen molar-refractivity contribution in [2.24, 2.45) is 0 Å². The Kier molecular flexibility index (Phi) is 4.48. The first kappa shape index (κ1) is 17.7. The van der Waals surface area contributed by atoms with Crippen LogP contribution in [0, 0.1) is 0 Å². The molecule has 0 unspecified atom stereocenters. The SMILES string of the molecule is C[C@@H](OC(=O)[C@@H]1COc2ccccc2O1)C(=O)Nc1ccc2[nH]c(=O)[nH]c2c1. The Labute approximate surface area is 158 Å². The van der Waals surface area contributed by atoms with E-state index in [1.165, 1.54) is 6.92 Å². The van der Waals surface area contributed by atoms with Gasteiger partial charge in [0.2, 0.25) is 6.10 Å². The van der Waals surface area contributed by atoms with Crippen LogP contribution >= 0.6 is 0 Å². The molecule has 1 aliphatic heterocycles. The van der Waals surface area contributed by atoms with E-state index in [0.29, 0.717) is 28.2 Å². The maximum Gasteiger partial charge on any atom is 0.351 e. The molecule has 3 N–H and O–H groups in total. The molecule has 0 spiro atoms. The normalized spacial score (nSPS) is 16.4. The Morgan fingerprint density at radius 1 is 1.14 bits per heavy atom. The summed E-state index contributed by atoms with van der Waals surface area (Å²) in [5.41, 5.74) is 1.30. The highest BCUT2D eigenvalue weighted by Gasteiger charge is 2.31. The molecule has 3 aromatic rings. The molecule has 0 saturated heterocycles. The molecule has 0 fully saturated rings. The first-order valence-corrected chi connectivity index (χ1v) is 8.61. The number of imidazole rings is 1. The second kappa shape index (κ2) is 7.10. The number of H-pyrrole nitrogens is 2. The van der Waals surface area contributed by atoms with E-state index in [4.69, 9.17) is 14.2 Å². The van der Waals surface area contributed by atoms with E-state index in [-0.39, 0.29) is 12.3 Å². The summed E-state index contributed by atoms with van der Waals surface area (Å²) in [7, 11) is 0. The number of nitrogens with one attached hydrogen (secondary N) is 3. The number of esters is 1. The maximum absolute atomic E-state index is 12.3. The van der Waals surface area contributed by atoms with Crippen LogP contribution in [0.3, 0.4) is 0 Å². The van der Waals surface area contributed by atoms with Gasteiger partial charge in [-0.15, -0.1) is 0 Å². The quantitative estimate of drug-likeness (QED) is 0.588. The highest BCUT2D eigenvalue weighted by atomic mass is 16.6. The summed E-state index contributed by atoms with van der Waals surface area (Å²) in [6, 6.07) is 11.9. The summed E-state index contributed by atoms with van der Waals surface area (Å²) in [6.07, 6.45) is -2.00. The number of hydrogen-bond donors (Lipinski definition) is 3. The van der Waals surface area contributed by atoms with E-state index in [2.05, 4.69) is 15.3 Å². The molecule has 9 nitrogen and oxygen atoms in total. The smallest absolute Gasteiger partial charge is 0.351 e. The molecule has 0 aliphatic carbocycles. The number of aromatic amines is 2. The Bertz CT molecular complexity index is 1100. The lowest BCUT2D eigenvalue weighted by Gasteiger charge is -2.25. The van der Waals surface area contributed by atoms with E-state index in [0.717, 1.165) is 0 Å². The van der Waals surface area contributed by atoms with Gasteiger partial charge in [0.1, 0.15) is 6.61 Å². The zero-order valence-corrected chi connectivity index (χ0v) is 14.9. The van der Waals surface area contributed by atoms with Crippen molar-refractivity contribution < 1.29 is 23.8 Å². The second-order valence-electron chi connectivity index (χ2n) is 6.27. The minimum atomic E-state index is -1.05. The molecule has 1 amide bonds. The van der Waals surface area contributed by atoms with Gasteiger partial charge in [-0.2, -0.15) is 0 Å². The molecule has 2 atom stereocenters. The van der Waals surface area contributed by atoms with E-state index in [1.54, 1.807) is 42.5 Å². The van der Waals surface area contributed by atoms with Gasteiger partial charge in [-0.25, -0.2) is 9.59 Å². The van der Waals surface area contributed by atoms with Crippen LogP contribution in [0.4, 0.5) is 5.69 Å². The Balaban J connectivity index is 1.37. The number of hydrogen-bond acceptors (Lipinski definition) is 6. The minimum absolute atomic E-state index is 0.00169. The number of anilines is 1. The molecule has 1 aliphatic rings. The van der Waals surface area contributed by atoms with Crippen molar-refractivity contribution in [2.45, 2.75) is 19.1 Å². The van der Waals surface area contributed by atoms with Crippen molar-refractivity contribution in [1.29, 1.82) is 0 Å². The number of carbonyl (C=O) groups is 2. The van der Waals surface area contributed by atoms with Crippen molar-refractivity contribution in [1.82, 2.24) is 9.97 Å². The summed E-state index contributed by atoms with van der Waals surface area (Å²) in [5, 5.41) is 2.64. The van der Waals surface area contributed by atoms with E-state index in [1.807, 2.05) is 0 Å². The average Bonchev–Trinajstić information content (AvgIpc) is 3.06. The monoisotopic (exact) mass is 383 g/mol. The highest BCUT2D eigenvalue weighted by Crippen LogP contribution is 2.31. The van der Waals surface area contributed by atoms with Gasteiger partial charge in [-0.3, -0.25) is 4.79 Å².